The first-order valence-corrected chi connectivity index (χ1v) is 8.21. The number of rotatable bonds is 6. The van der Waals surface area contributed by atoms with Gasteiger partial charge in [-0.15, -0.1) is 0 Å². The highest BCUT2D eigenvalue weighted by atomic mass is 16.3. The molecule has 0 saturated heterocycles. The molecule has 0 bridgehead atoms. The zero-order valence-electron chi connectivity index (χ0n) is 13.5. The number of aromatic nitrogens is 1. The summed E-state index contributed by atoms with van der Waals surface area (Å²) in [5.74, 6) is 0.0772. The Morgan fingerprint density at radius 2 is 1.38 bits per heavy atom. The van der Waals surface area contributed by atoms with Crippen molar-refractivity contribution in [3.05, 3.63) is 106 Å². The third-order valence-electron chi connectivity index (χ3n) is 4.16. The van der Waals surface area contributed by atoms with Crippen LogP contribution in [0.4, 0.5) is 0 Å². The first kappa shape index (κ1) is 16.2. The Kier molecular flexibility index (Phi) is 5.24. The summed E-state index contributed by atoms with van der Waals surface area (Å²) in [5, 5.41) is 9.04. The molecule has 24 heavy (non-hydrogen) atoms. The Morgan fingerprint density at radius 3 is 1.92 bits per heavy atom. The number of hydrogen-bond donors (Lipinski definition) is 1. The summed E-state index contributed by atoms with van der Waals surface area (Å²) in [6.45, 7) is 0.608. The van der Waals surface area contributed by atoms with Crippen molar-refractivity contribution in [1.29, 1.82) is 0 Å². The van der Waals surface area contributed by atoms with E-state index in [0.717, 1.165) is 5.56 Å². The van der Waals surface area contributed by atoms with E-state index in [4.69, 9.17) is 5.11 Å². The van der Waals surface area contributed by atoms with Crippen molar-refractivity contribution in [2.24, 2.45) is 0 Å². The first-order chi connectivity index (χ1) is 11.8. The minimum Gasteiger partial charge on any atom is -0.396 e. The van der Waals surface area contributed by atoms with Gasteiger partial charge in [0.2, 0.25) is 0 Å². The lowest BCUT2D eigenvalue weighted by molar-refractivity contribution is 0.279. The van der Waals surface area contributed by atoms with Gasteiger partial charge in [0, 0.05) is 31.3 Å². The predicted octanol–water partition coefficient (Wildman–Crippen LogP) is 3.41. The van der Waals surface area contributed by atoms with Gasteiger partial charge in [0.15, 0.2) is 0 Å². The Labute approximate surface area is 141 Å². The van der Waals surface area contributed by atoms with E-state index in [-0.39, 0.29) is 18.1 Å². The number of aliphatic hydroxyl groups excluding tert-OH is 1. The molecule has 1 aromatic heterocycles. The summed E-state index contributed by atoms with van der Waals surface area (Å²) >= 11 is 0. The van der Waals surface area contributed by atoms with E-state index in [1.54, 1.807) is 10.6 Å². The van der Waals surface area contributed by atoms with Gasteiger partial charge in [-0.25, -0.2) is 0 Å². The van der Waals surface area contributed by atoms with Gasteiger partial charge in [0.25, 0.3) is 5.56 Å². The lowest BCUT2D eigenvalue weighted by atomic mass is 9.86. The molecule has 122 valence electrons. The van der Waals surface area contributed by atoms with E-state index in [2.05, 4.69) is 24.3 Å². The van der Waals surface area contributed by atoms with E-state index in [1.807, 2.05) is 48.7 Å². The van der Waals surface area contributed by atoms with Crippen LogP contribution in [0.25, 0.3) is 0 Å². The maximum absolute atomic E-state index is 12.1. The molecule has 2 aromatic carbocycles. The van der Waals surface area contributed by atoms with Crippen LogP contribution in [0, 0.1) is 0 Å². The molecule has 0 unspecified atom stereocenters. The fourth-order valence-electron chi connectivity index (χ4n) is 3.00. The molecule has 3 heteroatoms. The molecule has 0 fully saturated rings. The van der Waals surface area contributed by atoms with E-state index in [1.165, 1.54) is 11.1 Å². The summed E-state index contributed by atoms with van der Waals surface area (Å²) < 4.78 is 1.68. The highest BCUT2D eigenvalue weighted by molar-refractivity contribution is 5.41. The van der Waals surface area contributed by atoms with E-state index >= 15 is 0 Å². The highest BCUT2D eigenvalue weighted by Crippen LogP contribution is 2.31. The smallest absolute Gasteiger partial charge is 0.250 e. The topological polar surface area (TPSA) is 42.2 Å². The van der Waals surface area contributed by atoms with Gasteiger partial charge in [-0.1, -0.05) is 66.7 Å². The Balaban J connectivity index is 2.08. The summed E-state index contributed by atoms with van der Waals surface area (Å²) in [5.41, 5.74) is 3.42. The van der Waals surface area contributed by atoms with Crippen molar-refractivity contribution >= 4 is 0 Å². The molecular weight excluding hydrogens is 298 g/mol. The molecule has 0 aliphatic carbocycles. The number of hydrogen-bond acceptors (Lipinski definition) is 2. The van der Waals surface area contributed by atoms with Crippen LogP contribution < -0.4 is 5.56 Å². The molecule has 0 atom stereocenters. The highest BCUT2D eigenvalue weighted by Gasteiger charge is 2.17. The maximum Gasteiger partial charge on any atom is 0.250 e. The normalized spacial score (nSPS) is 10.9. The van der Waals surface area contributed by atoms with Gasteiger partial charge < -0.3 is 9.67 Å². The second-order valence-corrected chi connectivity index (χ2v) is 5.83. The van der Waals surface area contributed by atoms with Crippen LogP contribution in [0.5, 0.6) is 0 Å². The van der Waals surface area contributed by atoms with E-state index < -0.39 is 0 Å². The number of aliphatic hydroxyl groups is 1. The van der Waals surface area contributed by atoms with Crippen molar-refractivity contribution in [1.82, 2.24) is 4.57 Å². The molecule has 0 spiro atoms. The number of nitrogens with zero attached hydrogens (tertiary/aromatic N) is 1. The molecule has 0 saturated carbocycles. The Bertz CT molecular complexity index is 786. The standard InChI is InChI=1S/C21H21NO2/c23-15-7-14-22-16-19(12-13-20(22)24)21(17-8-3-1-4-9-17)18-10-5-2-6-11-18/h1-6,8-13,16,21,23H,7,14-15H2. The third kappa shape index (κ3) is 3.63. The number of benzene rings is 2. The number of aryl methyl sites for hydroxylation is 1. The van der Waals surface area contributed by atoms with Crippen LogP contribution in [0.1, 0.15) is 29.0 Å². The minimum absolute atomic E-state index is 0.0351. The molecule has 1 N–H and O–H groups in total. The molecule has 3 nitrogen and oxygen atoms in total. The van der Waals surface area contributed by atoms with Crippen molar-refractivity contribution < 1.29 is 5.11 Å². The van der Waals surface area contributed by atoms with Crippen molar-refractivity contribution in [2.45, 2.75) is 18.9 Å². The fourth-order valence-corrected chi connectivity index (χ4v) is 3.00. The van der Waals surface area contributed by atoms with Gasteiger partial charge in [-0.3, -0.25) is 4.79 Å². The lowest BCUT2D eigenvalue weighted by Crippen LogP contribution is -2.20. The zero-order chi connectivity index (χ0) is 16.8. The quantitative estimate of drug-likeness (QED) is 0.756. The van der Waals surface area contributed by atoms with Crippen molar-refractivity contribution in [3.8, 4) is 0 Å². The van der Waals surface area contributed by atoms with Crippen LogP contribution in [0.3, 0.4) is 0 Å². The van der Waals surface area contributed by atoms with Gasteiger partial charge >= 0.3 is 0 Å². The van der Waals surface area contributed by atoms with Crippen molar-refractivity contribution in [3.63, 3.8) is 0 Å². The average molecular weight is 319 g/mol. The van der Waals surface area contributed by atoms with Gasteiger partial charge in [0.1, 0.15) is 0 Å². The molecule has 3 aromatic rings. The molecular formula is C21H21NO2. The summed E-state index contributed by atoms with van der Waals surface area (Å²) in [6, 6.07) is 24.1. The second kappa shape index (κ2) is 7.75. The van der Waals surface area contributed by atoms with Gasteiger partial charge in [-0.2, -0.15) is 0 Å². The van der Waals surface area contributed by atoms with Gasteiger partial charge in [-0.05, 0) is 23.1 Å². The predicted molar refractivity (Wildman–Crippen MR) is 96.2 cm³/mol. The van der Waals surface area contributed by atoms with E-state index in [9.17, 15) is 4.79 Å². The monoisotopic (exact) mass is 319 g/mol. The SMILES string of the molecule is O=c1ccc(C(c2ccccc2)c2ccccc2)cn1CCCO. The third-order valence-corrected chi connectivity index (χ3v) is 4.16. The lowest BCUT2D eigenvalue weighted by Gasteiger charge is -2.20. The van der Waals surface area contributed by atoms with Gasteiger partial charge in [0.05, 0.1) is 0 Å². The summed E-state index contributed by atoms with van der Waals surface area (Å²) in [6.07, 6.45) is 2.49. The minimum atomic E-state index is -0.0351. The molecule has 0 amide bonds. The van der Waals surface area contributed by atoms with Crippen LogP contribution in [0.2, 0.25) is 0 Å². The average Bonchev–Trinajstić information content (AvgIpc) is 2.64. The largest absolute Gasteiger partial charge is 0.396 e. The maximum atomic E-state index is 12.1. The van der Waals surface area contributed by atoms with Crippen LogP contribution >= 0.6 is 0 Å². The van der Waals surface area contributed by atoms with Crippen molar-refractivity contribution in [2.75, 3.05) is 6.61 Å². The Morgan fingerprint density at radius 1 is 0.792 bits per heavy atom. The zero-order valence-corrected chi connectivity index (χ0v) is 13.5. The first-order valence-electron chi connectivity index (χ1n) is 8.21. The van der Waals surface area contributed by atoms with E-state index in [0.29, 0.717) is 13.0 Å². The van der Waals surface area contributed by atoms with Crippen LogP contribution in [0.15, 0.2) is 83.8 Å². The summed E-state index contributed by atoms with van der Waals surface area (Å²) in [4.78, 5) is 12.1. The number of pyridine rings is 1. The molecule has 3 rings (SSSR count). The molecule has 0 aliphatic rings. The Hall–Kier alpha value is -2.65. The second-order valence-electron chi connectivity index (χ2n) is 5.83. The fraction of sp³-hybridized carbons (Fsp3) is 0.190. The van der Waals surface area contributed by atoms with Crippen LogP contribution in [-0.4, -0.2) is 16.3 Å². The molecule has 0 aliphatic heterocycles. The molecule has 0 radical (unpaired) electrons. The summed E-state index contributed by atoms with van der Waals surface area (Å²) in [7, 11) is 0. The molecule has 1 heterocycles. The van der Waals surface area contributed by atoms with Crippen LogP contribution in [-0.2, 0) is 6.54 Å².